The third kappa shape index (κ3) is 3.39. The average molecular weight is 423 g/mol. The SMILES string of the molecule is Cc1ccc(-c2[nH]nc3c2[C@H](c2ccc(Cl)cc2)C(C#N)=C(c2ccccc2)N3)cc1. The van der Waals surface area contributed by atoms with E-state index in [9.17, 15) is 5.26 Å². The lowest BCUT2D eigenvalue weighted by Gasteiger charge is -2.27. The molecule has 0 amide bonds. The Hall–Kier alpha value is -3.81. The third-order valence-electron chi connectivity index (χ3n) is 5.62. The van der Waals surface area contributed by atoms with Crippen molar-refractivity contribution in [1.82, 2.24) is 10.2 Å². The molecule has 2 N–H and O–H groups in total. The lowest BCUT2D eigenvalue weighted by atomic mass is 9.80. The minimum Gasteiger partial charge on any atom is -0.337 e. The fourth-order valence-corrected chi connectivity index (χ4v) is 4.21. The number of allylic oxidation sites excluding steroid dienone is 1. The summed E-state index contributed by atoms with van der Waals surface area (Å²) in [6.07, 6.45) is 0. The molecule has 1 aliphatic rings. The number of nitrogens with zero attached hydrogens (tertiary/aromatic N) is 2. The Bertz CT molecular complexity index is 1310. The highest BCUT2D eigenvalue weighted by atomic mass is 35.5. The van der Waals surface area contributed by atoms with E-state index in [0.717, 1.165) is 39.5 Å². The predicted octanol–water partition coefficient (Wildman–Crippen LogP) is 6.53. The number of fused-ring (bicyclic) bond motifs is 1. The standard InChI is InChI=1S/C26H19ClN4/c1-16-7-9-19(10-8-16)25-23-22(17-11-13-20(27)14-12-17)21(15-28)24(29-26(23)31-30-25)18-5-3-2-4-6-18/h2-14,22H,1H3,(H2,29,30,31)/t22-/m1/s1. The molecule has 0 saturated heterocycles. The van der Waals surface area contributed by atoms with E-state index >= 15 is 0 Å². The molecule has 4 aromatic rings. The van der Waals surface area contributed by atoms with E-state index in [0.29, 0.717) is 10.6 Å². The predicted molar refractivity (Wildman–Crippen MR) is 125 cm³/mol. The molecule has 0 fully saturated rings. The highest BCUT2D eigenvalue weighted by Crippen LogP contribution is 2.47. The molecule has 0 unspecified atom stereocenters. The van der Waals surface area contributed by atoms with Crippen LogP contribution in [0.25, 0.3) is 17.0 Å². The van der Waals surface area contributed by atoms with Crippen LogP contribution in [-0.2, 0) is 0 Å². The van der Waals surface area contributed by atoms with Gasteiger partial charge >= 0.3 is 0 Å². The molecule has 2 heterocycles. The molecule has 4 nitrogen and oxygen atoms in total. The summed E-state index contributed by atoms with van der Waals surface area (Å²) in [6, 6.07) is 28.4. The number of nitriles is 1. The van der Waals surface area contributed by atoms with Gasteiger partial charge in [0, 0.05) is 10.6 Å². The van der Waals surface area contributed by atoms with Crippen molar-refractivity contribution in [2.75, 3.05) is 5.32 Å². The van der Waals surface area contributed by atoms with Gasteiger partial charge in [-0.1, -0.05) is 83.9 Å². The molecule has 150 valence electrons. The maximum absolute atomic E-state index is 10.3. The lowest BCUT2D eigenvalue weighted by molar-refractivity contribution is 0.973. The Morgan fingerprint density at radius 3 is 2.29 bits per heavy atom. The second kappa shape index (κ2) is 7.79. The van der Waals surface area contributed by atoms with E-state index in [4.69, 9.17) is 11.6 Å². The minimum atomic E-state index is -0.274. The number of rotatable bonds is 3. The number of aryl methyl sites for hydroxylation is 1. The molecule has 0 aliphatic carbocycles. The first kappa shape index (κ1) is 19.2. The number of benzene rings is 3. The van der Waals surface area contributed by atoms with Crippen LogP contribution in [0.2, 0.25) is 5.02 Å². The largest absolute Gasteiger partial charge is 0.337 e. The van der Waals surface area contributed by atoms with E-state index in [-0.39, 0.29) is 5.92 Å². The number of nitrogens with one attached hydrogen (secondary N) is 2. The van der Waals surface area contributed by atoms with Crippen molar-refractivity contribution in [3.63, 3.8) is 0 Å². The van der Waals surface area contributed by atoms with Gasteiger partial charge in [0.1, 0.15) is 0 Å². The summed E-state index contributed by atoms with van der Waals surface area (Å²) in [4.78, 5) is 0. The first-order chi connectivity index (χ1) is 15.2. The van der Waals surface area contributed by atoms with E-state index in [2.05, 4.69) is 52.8 Å². The van der Waals surface area contributed by atoms with Crippen LogP contribution in [0.4, 0.5) is 5.82 Å². The van der Waals surface area contributed by atoms with Crippen molar-refractivity contribution in [2.24, 2.45) is 0 Å². The summed E-state index contributed by atoms with van der Waals surface area (Å²) >= 11 is 6.16. The van der Waals surface area contributed by atoms with Gasteiger partial charge in [-0.2, -0.15) is 10.4 Å². The summed E-state index contributed by atoms with van der Waals surface area (Å²) in [7, 11) is 0. The summed E-state index contributed by atoms with van der Waals surface area (Å²) in [5, 5.41) is 22.1. The Morgan fingerprint density at radius 2 is 1.61 bits per heavy atom. The van der Waals surface area contributed by atoms with Crippen LogP contribution in [0.1, 0.15) is 28.2 Å². The van der Waals surface area contributed by atoms with Gasteiger partial charge in [0.15, 0.2) is 5.82 Å². The number of aromatic nitrogens is 2. The van der Waals surface area contributed by atoms with Crippen LogP contribution in [-0.4, -0.2) is 10.2 Å². The number of hydrogen-bond acceptors (Lipinski definition) is 3. The zero-order valence-electron chi connectivity index (χ0n) is 16.9. The maximum Gasteiger partial charge on any atom is 0.157 e. The number of H-pyrrole nitrogens is 1. The molecule has 5 rings (SSSR count). The lowest BCUT2D eigenvalue weighted by Crippen LogP contribution is -2.17. The van der Waals surface area contributed by atoms with Gasteiger partial charge in [0.05, 0.1) is 29.0 Å². The van der Waals surface area contributed by atoms with Crippen LogP contribution in [0, 0.1) is 18.3 Å². The highest BCUT2D eigenvalue weighted by molar-refractivity contribution is 6.30. The maximum atomic E-state index is 10.3. The van der Waals surface area contributed by atoms with Gasteiger partial charge in [-0.25, -0.2) is 0 Å². The fraction of sp³-hybridized carbons (Fsp3) is 0.0769. The first-order valence-electron chi connectivity index (χ1n) is 10.0. The molecule has 1 aromatic heterocycles. The van der Waals surface area contributed by atoms with Crippen LogP contribution in [0.5, 0.6) is 0 Å². The van der Waals surface area contributed by atoms with Gasteiger partial charge in [0.2, 0.25) is 0 Å². The monoisotopic (exact) mass is 422 g/mol. The summed E-state index contributed by atoms with van der Waals surface area (Å²) < 4.78 is 0. The minimum absolute atomic E-state index is 0.274. The molecule has 31 heavy (non-hydrogen) atoms. The van der Waals surface area contributed by atoms with Crippen LogP contribution in [0.15, 0.2) is 84.4 Å². The van der Waals surface area contributed by atoms with Crippen molar-refractivity contribution in [3.05, 3.63) is 112 Å². The zero-order chi connectivity index (χ0) is 21.4. The smallest absolute Gasteiger partial charge is 0.157 e. The first-order valence-corrected chi connectivity index (χ1v) is 10.4. The van der Waals surface area contributed by atoms with Crippen molar-refractivity contribution in [2.45, 2.75) is 12.8 Å². The fourth-order valence-electron chi connectivity index (χ4n) is 4.08. The molecule has 0 bridgehead atoms. The Balaban J connectivity index is 1.76. The van der Waals surface area contributed by atoms with Gasteiger partial charge in [-0.15, -0.1) is 0 Å². The Labute approximate surface area is 185 Å². The molecule has 1 aliphatic heterocycles. The molecular formula is C26H19ClN4. The number of aromatic amines is 1. The van der Waals surface area contributed by atoms with Gasteiger partial charge in [-0.05, 0) is 35.7 Å². The van der Waals surface area contributed by atoms with Crippen molar-refractivity contribution < 1.29 is 0 Å². The molecule has 5 heteroatoms. The average Bonchev–Trinajstić information content (AvgIpc) is 3.23. The van der Waals surface area contributed by atoms with E-state index in [1.165, 1.54) is 5.56 Å². The summed E-state index contributed by atoms with van der Waals surface area (Å²) in [6.45, 7) is 2.06. The van der Waals surface area contributed by atoms with E-state index in [1.807, 2.05) is 54.6 Å². The number of halogens is 1. The Morgan fingerprint density at radius 1 is 0.903 bits per heavy atom. The zero-order valence-corrected chi connectivity index (χ0v) is 17.6. The van der Waals surface area contributed by atoms with Crippen molar-refractivity contribution >= 4 is 23.1 Å². The molecule has 0 spiro atoms. The van der Waals surface area contributed by atoms with Gasteiger partial charge in [-0.3, -0.25) is 5.10 Å². The second-order valence-electron chi connectivity index (χ2n) is 7.60. The van der Waals surface area contributed by atoms with Crippen LogP contribution in [0.3, 0.4) is 0 Å². The van der Waals surface area contributed by atoms with Gasteiger partial charge < -0.3 is 5.32 Å². The quantitative estimate of drug-likeness (QED) is 0.394. The molecule has 3 aromatic carbocycles. The van der Waals surface area contributed by atoms with Crippen molar-refractivity contribution in [3.8, 4) is 17.3 Å². The van der Waals surface area contributed by atoms with Crippen LogP contribution >= 0.6 is 11.6 Å². The van der Waals surface area contributed by atoms with Crippen LogP contribution < -0.4 is 5.32 Å². The highest BCUT2D eigenvalue weighted by Gasteiger charge is 2.34. The molecular weight excluding hydrogens is 404 g/mol. The topological polar surface area (TPSA) is 64.5 Å². The van der Waals surface area contributed by atoms with E-state index in [1.54, 1.807) is 0 Å². The third-order valence-corrected chi connectivity index (χ3v) is 5.87. The van der Waals surface area contributed by atoms with Crippen molar-refractivity contribution in [1.29, 1.82) is 5.26 Å². The normalized spacial score (nSPS) is 15.2. The molecule has 0 radical (unpaired) electrons. The van der Waals surface area contributed by atoms with Gasteiger partial charge in [0.25, 0.3) is 0 Å². The molecule has 0 saturated carbocycles. The molecule has 1 atom stereocenters. The Kier molecular flexibility index (Phi) is 4.82. The summed E-state index contributed by atoms with van der Waals surface area (Å²) in [5.74, 6) is 0.456. The van der Waals surface area contributed by atoms with E-state index < -0.39 is 0 Å². The summed E-state index contributed by atoms with van der Waals surface area (Å²) in [5.41, 5.74) is 7.45. The second-order valence-corrected chi connectivity index (χ2v) is 8.04. The number of anilines is 1. The number of hydrogen-bond donors (Lipinski definition) is 2.